The van der Waals surface area contributed by atoms with Crippen molar-refractivity contribution in [2.45, 2.75) is 13.0 Å². The van der Waals surface area contributed by atoms with Gasteiger partial charge in [0.1, 0.15) is 12.9 Å². The Morgan fingerprint density at radius 3 is 2.90 bits per heavy atom. The Hall–Kier alpha value is -1.88. The molecule has 21 heavy (non-hydrogen) atoms. The van der Waals surface area contributed by atoms with E-state index >= 15 is 0 Å². The highest BCUT2D eigenvalue weighted by atomic mass is 16.6. The normalized spacial score (nSPS) is 28.0. The topological polar surface area (TPSA) is 55.8 Å². The lowest BCUT2D eigenvalue weighted by molar-refractivity contribution is -0.113. The minimum Gasteiger partial charge on any atom is -0.445 e. The zero-order valence-electron chi connectivity index (χ0n) is 11.9. The Morgan fingerprint density at radius 1 is 1.43 bits per heavy atom. The second-order valence-corrected chi connectivity index (χ2v) is 5.83. The highest BCUT2D eigenvalue weighted by molar-refractivity contribution is 5.70. The van der Waals surface area contributed by atoms with Crippen molar-refractivity contribution in [3.05, 3.63) is 35.9 Å². The molecule has 0 saturated carbocycles. The number of carbonyl (C=O) groups excluding carboxylic acids is 2. The number of hydrogen-bond donors (Lipinski definition) is 0. The van der Waals surface area contributed by atoms with E-state index in [4.69, 9.17) is 9.47 Å². The van der Waals surface area contributed by atoms with E-state index < -0.39 is 0 Å². The quantitative estimate of drug-likeness (QED) is 0.797. The van der Waals surface area contributed by atoms with E-state index in [1.807, 2.05) is 30.3 Å². The number of carbonyl (C=O) groups is 2. The molecule has 1 aromatic rings. The summed E-state index contributed by atoms with van der Waals surface area (Å²) < 4.78 is 10.8. The number of ether oxygens (including phenoxy) is 2. The van der Waals surface area contributed by atoms with E-state index in [1.54, 1.807) is 4.90 Å². The molecule has 2 aliphatic heterocycles. The lowest BCUT2D eigenvalue weighted by Crippen LogP contribution is -2.33. The average molecular weight is 289 g/mol. The number of hydrogen-bond acceptors (Lipinski definition) is 4. The predicted octanol–water partition coefficient (Wildman–Crippen LogP) is 1.86. The first-order valence-electron chi connectivity index (χ1n) is 7.22. The average Bonchev–Trinajstić information content (AvgIpc) is 3.14. The van der Waals surface area contributed by atoms with Gasteiger partial charge in [0.15, 0.2) is 0 Å². The summed E-state index contributed by atoms with van der Waals surface area (Å²) in [4.78, 5) is 25.1. The molecule has 3 rings (SSSR count). The first-order chi connectivity index (χ1) is 10.2. The van der Waals surface area contributed by atoms with Crippen LogP contribution in [0.25, 0.3) is 0 Å². The summed E-state index contributed by atoms with van der Waals surface area (Å²) in [6, 6.07) is 9.57. The van der Waals surface area contributed by atoms with Gasteiger partial charge in [-0.25, -0.2) is 4.79 Å². The maximum atomic E-state index is 12.2. The van der Waals surface area contributed by atoms with Gasteiger partial charge in [0.2, 0.25) is 0 Å². The van der Waals surface area contributed by atoms with E-state index in [1.165, 1.54) is 0 Å². The van der Waals surface area contributed by atoms with E-state index in [2.05, 4.69) is 0 Å². The highest BCUT2D eigenvalue weighted by Crippen LogP contribution is 2.42. The third-order valence-electron chi connectivity index (χ3n) is 4.47. The summed E-state index contributed by atoms with van der Waals surface area (Å²) in [5.41, 5.74) is 0.754. The number of nitrogens with zero attached hydrogens (tertiary/aromatic N) is 1. The minimum absolute atomic E-state index is 0.149. The van der Waals surface area contributed by atoms with Crippen LogP contribution in [-0.2, 0) is 20.9 Å². The number of aldehydes is 1. The standard InChI is InChI=1S/C16H19NO4/c18-9-14-8-17(11-16(14)6-7-20-12-16)15(19)21-10-13-4-2-1-3-5-13/h1-5,9,14H,6-8,10-12H2. The minimum atomic E-state index is -0.352. The molecule has 0 aromatic heterocycles. The molecule has 2 aliphatic rings. The Bertz CT molecular complexity index is 510. The molecule has 5 heteroatoms. The zero-order valence-corrected chi connectivity index (χ0v) is 11.9. The predicted molar refractivity (Wildman–Crippen MR) is 75.6 cm³/mol. The van der Waals surface area contributed by atoms with Crippen LogP contribution in [0.3, 0.4) is 0 Å². The number of likely N-dealkylation sites (tertiary alicyclic amines) is 1. The fourth-order valence-corrected chi connectivity index (χ4v) is 3.17. The molecule has 5 nitrogen and oxygen atoms in total. The van der Waals surface area contributed by atoms with Gasteiger partial charge in [-0.05, 0) is 12.0 Å². The molecule has 2 saturated heterocycles. The Labute approximate surface area is 123 Å². The third kappa shape index (κ3) is 2.78. The smallest absolute Gasteiger partial charge is 0.410 e. The zero-order chi connectivity index (χ0) is 14.7. The van der Waals surface area contributed by atoms with Crippen molar-refractivity contribution in [1.29, 1.82) is 0 Å². The number of benzene rings is 1. The monoisotopic (exact) mass is 289 g/mol. The summed E-state index contributed by atoms with van der Waals surface area (Å²) in [6.07, 6.45) is 1.44. The van der Waals surface area contributed by atoms with Crippen LogP contribution in [0.2, 0.25) is 0 Å². The van der Waals surface area contributed by atoms with E-state index in [0.29, 0.717) is 26.3 Å². The molecule has 1 aromatic carbocycles. The van der Waals surface area contributed by atoms with Crippen LogP contribution < -0.4 is 0 Å². The molecule has 2 unspecified atom stereocenters. The number of amides is 1. The summed E-state index contributed by atoms with van der Waals surface area (Å²) >= 11 is 0. The van der Waals surface area contributed by atoms with Crippen LogP contribution in [0.15, 0.2) is 30.3 Å². The Balaban J connectivity index is 1.60. The van der Waals surface area contributed by atoms with Crippen LogP contribution in [-0.4, -0.2) is 43.6 Å². The number of rotatable bonds is 3. The molecular weight excluding hydrogens is 270 g/mol. The maximum Gasteiger partial charge on any atom is 0.410 e. The van der Waals surface area contributed by atoms with Gasteiger partial charge in [0.05, 0.1) is 6.61 Å². The SMILES string of the molecule is O=CC1CN(C(=O)OCc2ccccc2)CC12CCOC2. The van der Waals surface area contributed by atoms with Crippen molar-refractivity contribution < 1.29 is 19.1 Å². The van der Waals surface area contributed by atoms with Crippen molar-refractivity contribution in [3.8, 4) is 0 Å². The largest absolute Gasteiger partial charge is 0.445 e. The van der Waals surface area contributed by atoms with Crippen LogP contribution in [0.5, 0.6) is 0 Å². The van der Waals surface area contributed by atoms with Crippen LogP contribution in [0.4, 0.5) is 4.79 Å². The van der Waals surface area contributed by atoms with Crippen LogP contribution in [0.1, 0.15) is 12.0 Å². The lowest BCUT2D eigenvalue weighted by Gasteiger charge is -2.24. The van der Waals surface area contributed by atoms with E-state index in [-0.39, 0.29) is 24.0 Å². The van der Waals surface area contributed by atoms with Gasteiger partial charge in [0.25, 0.3) is 0 Å². The van der Waals surface area contributed by atoms with Gasteiger partial charge in [-0.2, -0.15) is 0 Å². The molecule has 112 valence electrons. The van der Waals surface area contributed by atoms with Gasteiger partial charge in [-0.3, -0.25) is 0 Å². The fraction of sp³-hybridized carbons (Fsp3) is 0.500. The molecule has 0 aliphatic carbocycles. The second kappa shape index (κ2) is 5.85. The van der Waals surface area contributed by atoms with E-state index in [0.717, 1.165) is 18.3 Å². The molecule has 2 fully saturated rings. The molecular formula is C16H19NO4. The first kappa shape index (κ1) is 14.1. The van der Waals surface area contributed by atoms with Gasteiger partial charge < -0.3 is 19.2 Å². The molecule has 1 spiro atoms. The van der Waals surface area contributed by atoms with Crippen LogP contribution in [0, 0.1) is 11.3 Å². The Morgan fingerprint density at radius 2 is 2.24 bits per heavy atom. The van der Waals surface area contributed by atoms with Crippen molar-refractivity contribution in [3.63, 3.8) is 0 Å². The lowest BCUT2D eigenvalue weighted by atomic mass is 9.78. The summed E-state index contributed by atoms with van der Waals surface area (Å²) in [6.45, 7) is 2.45. The molecule has 1 amide bonds. The molecule has 2 atom stereocenters. The van der Waals surface area contributed by atoms with Gasteiger partial charge in [-0.15, -0.1) is 0 Å². The van der Waals surface area contributed by atoms with Crippen molar-refractivity contribution in [2.24, 2.45) is 11.3 Å². The van der Waals surface area contributed by atoms with Crippen LogP contribution >= 0.6 is 0 Å². The van der Waals surface area contributed by atoms with Gasteiger partial charge in [-0.1, -0.05) is 30.3 Å². The Kier molecular flexibility index (Phi) is 3.92. The molecule has 0 radical (unpaired) electrons. The maximum absolute atomic E-state index is 12.2. The molecule has 0 N–H and O–H groups in total. The van der Waals surface area contributed by atoms with Crippen molar-refractivity contribution in [1.82, 2.24) is 4.90 Å². The van der Waals surface area contributed by atoms with E-state index in [9.17, 15) is 9.59 Å². The third-order valence-corrected chi connectivity index (χ3v) is 4.47. The fourth-order valence-electron chi connectivity index (χ4n) is 3.17. The summed E-state index contributed by atoms with van der Waals surface area (Å²) in [5, 5.41) is 0. The molecule has 2 heterocycles. The van der Waals surface area contributed by atoms with Gasteiger partial charge in [0, 0.05) is 31.0 Å². The van der Waals surface area contributed by atoms with Crippen molar-refractivity contribution >= 4 is 12.4 Å². The molecule has 0 bridgehead atoms. The van der Waals surface area contributed by atoms with Gasteiger partial charge >= 0.3 is 6.09 Å². The second-order valence-electron chi connectivity index (χ2n) is 5.83. The van der Waals surface area contributed by atoms with Crippen molar-refractivity contribution in [2.75, 3.05) is 26.3 Å². The summed E-state index contributed by atoms with van der Waals surface area (Å²) in [5.74, 6) is -0.149. The highest BCUT2D eigenvalue weighted by Gasteiger charge is 2.50. The first-order valence-corrected chi connectivity index (χ1v) is 7.22. The summed E-state index contributed by atoms with van der Waals surface area (Å²) in [7, 11) is 0.